The van der Waals surface area contributed by atoms with E-state index in [1.807, 2.05) is 13.8 Å². The van der Waals surface area contributed by atoms with Gasteiger partial charge in [0, 0.05) is 11.1 Å². The number of hydrogen-bond donors (Lipinski definition) is 1. The highest BCUT2D eigenvalue weighted by atomic mass is 35.5. The molecule has 2 aromatic carbocycles. The van der Waals surface area contributed by atoms with Gasteiger partial charge in [-0.25, -0.2) is 4.79 Å². The molecule has 0 atom stereocenters. The molecule has 0 aromatic heterocycles. The molecule has 0 bridgehead atoms. The largest absolute Gasteiger partial charge is 0.478 e. The summed E-state index contributed by atoms with van der Waals surface area (Å²) < 4.78 is 0. The van der Waals surface area contributed by atoms with Gasteiger partial charge in [-0.1, -0.05) is 29.8 Å². The standard InChI is InChI=1S/C16H13ClO3/c1-9-7-13(14(17)8-10(9)2)15(18)11-5-3-4-6-12(11)16(19)20/h3-8H,1-2H3,(H,19,20). The quantitative estimate of drug-likeness (QED) is 0.872. The van der Waals surface area contributed by atoms with Gasteiger partial charge in [0.15, 0.2) is 5.78 Å². The molecule has 3 nitrogen and oxygen atoms in total. The van der Waals surface area contributed by atoms with Crippen molar-refractivity contribution in [1.29, 1.82) is 0 Å². The molecule has 4 heteroatoms. The van der Waals surface area contributed by atoms with Gasteiger partial charge in [0.25, 0.3) is 0 Å². The van der Waals surface area contributed by atoms with Gasteiger partial charge in [0.2, 0.25) is 0 Å². The Morgan fingerprint density at radius 1 is 0.950 bits per heavy atom. The lowest BCUT2D eigenvalue weighted by atomic mass is 9.96. The summed E-state index contributed by atoms with van der Waals surface area (Å²) in [5, 5.41) is 9.48. The predicted octanol–water partition coefficient (Wildman–Crippen LogP) is 3.89. The summed E-state index contributed by atoms with van der Waals surface area (Å²) in [5.74, 6) is -1.51. The third kappa shape index (κ3) is 2.58. The molecule has 0 saturated carbocycles. The third-order valence-corrected chi connectivity index (χ3v) is 3.54. The van der Waals surface area contributed by atoms with Gasteiger partial charge in [-0.2, -0.15) is 0 Å². The zero-order valence-electron chi connectivity index (χ0n) is 11.1. The first-order valence-corrected chi connectivity index (χ1v) is 6.43. The van der Waals surface area contributed by atoms with Crippen LogP contribution in [0.3, 0.4) is 0 Å². The highest BCUT2D eigenvalue weighted by Gasteiger charge is 2.19. The summed E-state index contributed by atoms with van der Waals surface area (Å²) in [4.78, 5) is 23.7. The van der Waals surface area contributed by atoms with Gasteiger partial charge in [-0.05, 0) is 43.2 Å². The number of carbonyl (C=O) groups is 2. The normalized spacial score (nSPS) is 10.3. The van der Waals surface area contributed by atoms with Crippen molar-refractivity contribution in [3.8, 4) is 0 Å². The fourth-order valence-corrected chi connectivity index (χ4v) is 2.27. The topological polar surface area (TPSA) is 54.4 Å². The molecule has 0 aliphatic rings. The summed E-state index contributed by atoms with van der Waals surface area (Å²) >= 11 is 6.11. The van der Waals surface area contributed by atoms with E-state index in [1.54, 1.807) is 24.3 Å². The number of carboxylic acids is 1. The Kier molecular flexibility index (Phi) is 3.91. The van der Waals surface area contributed by atoms with E-state index in [0.717, 1.165) is 11.1 Å². The van der Waals surface area contributed by atoms with E-state index in [1.165, 1.54) is 12.1 Å². The highest BCUT2D eigenvalue weighted by molar-refractivity contribution is 6.35. The van der Waals surface area contributed by atoms with Crippen molar-refractivity contribution in [2.75, 3.05) is 0 Å². The van der Waals surface area contributed by atoms with E-state index in [4.69, 9.17) is 16.7 Å². The molecule has 0 spiro atoms. The second-order valence-electron chi connectivity index (χ2n) is 4.60. The smallest absolute Gasteiger partial charge is 0.336 e. The van der Waals surface area contributed by atoms with Crippen LogP contribution < -0.4 is 0 Å². The molecular weight excluding hydrogens is 276 g/mol. The molecule has 1 N–H and O–H groups in total. The van der Waals surface area contributed by atoms with E-state index in [9.17, 15) is 9.59 Å². The molecule has 0 amide bonds. The number of carboxylic acid groups (broad SMARTS) is 1. The van der Waals surface area contributed by atoms with E-state index < -0.39 is 5.97 Å². The molecule has 0 radical (unpaired) electrons. The van der Waals surface area contributed by atoms with Crippen molar-refractivity contribution in [2.45, 2.75) is 13.8 Å². The van der Waals surface area contributed by atoms with Crippen LogP contribution in [0.15, 0.2) is 36.4 Å². The molecule has 2 rings (SSSR count). The molecule has 2 aromatic rings. The molecule has 0 fully saturated rings. The molecule has 102 valence electrons. The van der Waals surface area contributed by atoms with Gasteiger partial charge in [0.05, 0.1) is 10.6 Å². The highest BCUT2D eigenvalue weighted by Crippen LogP contribution is 2.24. The fraction of sp³-hybridized carbons (Fsp3) is 0.125. The van der Waals surface area contributed by atoms with Crippen LogP contribution in [0.5, 0.6) is 0 Å². The first-order chi connectivity index (χ1) is 9.41. The van der Waals surface area contributed by atoms with Crippen LogP contribution in [0.25, 0.3) is 0 Å². The Balaban J connectivity index is 2.58. The average Bonchev–Trinajstić information content (AvgIpc) is 2.42. The zero-order valence-corrected chi connectivity index (χ0v) is 11.9. The lowest BCUT2D eigenvalue weighted by molar-refractivity contribution is 0.0693. The number of ketones is 1. The van der Waals surface area contributed by atoms with Crippen LogP contribution in [0, 0.1) is 13.8 Å². The summed E-state index contributed by atoms with van der Waals surface area (Å²) in [6.45, 7) is 3.78. The van der Waals surface area contributed by atoms with Gasteiger partial charge < -0.3 is 5.11 Å². The number of benzene rings is 2. The van der Waals surface area contributed by atoms with Crippen molar-refractivity contribution in [2.24, 2.45) is 0 Å². The number of halogens is 1. The van der Waals surface area contributed by atoms with E-state index >= 15 is 0 Å². The molecular formula is C16H13ClO3. The second-order valence-corrected chi connectivity index (χ2v) is 5.00. The second kappa shape index (κ2) is 5.47. The Morgan fingerprint density at radius 3 is 2.10 bits per heavy atom. The Morgan fingerprint density at radius 2 is 1.50 bits per heavy atom. The van der Waals surface area contributed by atoms with Crippen LogP contribution >= 0.6 is 11.6 Å². The number of rotatable bonds is 3. The maximum Gasteiger partial charge on any atom is 0.336 e. The van der Waals surface area contributed by atoms with Crippen molar-refractivity contribution >= 4 is 23.4 Å². The van der Waals surface area contributed by atoms with Crippen molar-refractivity contribution in [1.82, 2.24) is 0 Å². The summed E-state index contributed by atoms with van der Waals surface area (Å²) in [6.07, 6.45) is 0. The van der Waals surface area contributed by atoms with E-state index in [-0.39, 0.29) is 16.9 Å². The van der Waals surface area contributed by atoms with Crippen LogP contribution in [-0.4, -0.2) is 16.9 Å². The predicted molar refractivity (Wildman–Crippen MR) is 77.8 cm³/mol. The van der Waals surface area contributed by atoms with Crippen LogP contribution in [-0.2, 0) is 0 Å². The number of hydrogen-bond acceptors (Lipinski definition) is 2. The summed E-state index contributed by atoms with van der Waals surface area (Å²) in [6, 6.07) is 9.53. The average molecular weight is 289 g/mol. The van der Waals surface area contributed by atoms with Gasteiger partial charge in [-0.3, -0.25) is 4.79 Å². The first-order valence-electron chi connectivity index (χ1n) is 6.05. The van der Waals surface area contributed by atoms with Gasteiger partial charge >= 0.3 is 5.97 Å². The molecule has 0 aliphatic carbocycles. The molecule has 0 unspecified atom stereocenters. The number of carbonyl (C=O) groups excluding carboxylic acids is 1. The zero-order chi connectivity index (χ0) is 14.9. The summed E-state index contributed by atoms with van der Waals surface area (Å²) in [7, 11) is 0. The SMILES string of the molecule is Cc1cc(Cl)c(C(=O)c2ccccc2C(=O)O)cc1C. The van der Waals surface area contributed by atoms with Gasteiger partial charge in [-0.15, -0.1) is 0 Å². The van der Waals surface area contributed by atoms with Crippen molar-refractivity contribution < 1.29 is 14.7 Å². The van der Waals surface area contributed by atoms with Crippen LogP contribution in [0.1, 0.15) is 37.4 Å². The number of aromatic carboxylic acids is 1. The molecule has 0 heterocycles. The minimum Gasteiger partial charge on any atom is -0.478 e. The van der Waals surface area contributed by atoms with Crippen LogP contribution in [0.4, 0.5) is 0 Å². The Bertz CT molecular complexity index is 705. The first kappa shape index (κ1) is 14.3. The van der Waals surface area contributed by atoms with Crippen LogP contribution in [0.2, 0.25) is 5.02 Å². The lowest BCUT2D eigenvalue weighted by Crippen LogP contribution is -2.10. The molecule has 20 heavy (non-hydrogen) atoms. The fourth-order valence-electron chi connectivity index (χ4n) is 1.97. The maximum absolute atomic E-state index is 12.5. The van der Waals surface area contributed by atoms with E-state index in [0.29, 0.717) is 10.6 Å². The Hall–Kier alpha value is -2.13. The van der Waals surface area contributed by atoms with Crippen molar-refractivity contribution in [3.05, 3.63) is 69.2 Å². The summed E-state index contributed by atoms with van der Waals surface area (Å²) in [5.41, 5.74) is 2.36. The Labute approximate surface area is 121 Å². The number of aryl methyl sites for hydroxylation is 2. The molecule has 0 aliphatic heterocycles. The van der Waals surface area contributed by atoms with Gasteiger partial charge in [0.1, 0.15) is 0 Å². The minimum absolute atomic E-state index is 0.0215. The lowest BCUT2D eigenvalue weighted by Gasteiger charge is -2.09. The molecule has 0 saturated heterocycles. The minimum atomic E-state index is -1.13. The van der Waals surface area contributed by atoms with Crippen molar-refractivity contribution in [3.63, 3.8) is 0 Å². The monoisotopic (exact) mass is 288 g/mol. The third-order valence-electron chi connectivity index (χ3n) is 3.23. The van der Waals surface area contributed by atoms with E-state index in [2.05, 4.69) is 0 Å². The maximum atomic E-state index is 12.5.